The summed E-state index contributed by atoms with van der Waals surface area (Å²) >= 11 is 0. The van der Waals surface area contributed by atoms with Gasteiger partial charge in [-0.1, -0.05) is 0 Å². The standard InChI is InChI=1S/C19H23FN4O3/c1-23-17(12-25)21-22-19(23)14-3-2-10-24(11-14)18(27)9-8-16(26)13-4-6-15(20)7-5-13/h4-7,14,25H,2-3,8-12H2,1H3/t14-/m0/s1. The van der Waals surface area contributed by atoms with Gasteiger partial charge in [0.25, 0.3) is 0 Å². The second-order valence-corrected chi connectivity index (χ2v) is 6.80. The van der Waals surface area contributed by atoms with E-state index >= 15 is 0 Å². The summed E-state index contributed by atoms with van der Waals surface area (Å²) in [7, 11) is 1.81. The van der Waals surface area contributed by atoms with E-state index in [9.17, 15) is 19.1 Å². The number of aliphatic hydroxyl groups excluding tert-OH is 1. The lowest BCUT2D eigenvalue weighted by atomic mass is 9.96. The number of halogens is 1. The van der Waals surface area contributed by atoms with E-state index in [-0.39, 0.29) is 37.1 Å². The smallest absolute Gasteiger partial charge is 0.223 e. The SMILES string of the molecule is Cn1c(CO)nnc1[C@H]1CCCN(C(=O)CCC(=O)c2ccc(F)cc2)C1. The molecule has 1 atom stereocenters. The Balaban J connectivity index is 1.57. The average Bonchev–Trinajstić information content (AvgIpc) is 3.07. The fraction of sp³-hybridized carbons (Fsp3) is 0.474. The van der Waals surface area contributed by atoms with Gasteiger partial charge >= 0.3 is 0 Å². The van der Waals surface area contributed by atoms with Gasteiger partial charge in [-0.2, -0.15) is 0 Å². The zero-order chi connectivity index (χ0) is 19.4. The first-order valence-corrected chi connectivity index (χ1v) is 9.05. The van der Waals surface area contributed by atoms with Crippen LogP contribution >= 0.6 is 0 Å². The molecule has 2 aromatic rings. The first kappa shape index (κ1) is 19.2. The highest BCUT2D eigenvalue weighted by Crippen LogP contribution is 2.26. The van der Waals surface area contributed by atoms with Crippen molar-refractivity contribution in [2.45, 2.75) is 38.2 Å². The summed E-state index contributed by atoms with van der Waals surface area (Å²) in [5, 5.41) is 17.4. The van der Waals surface area contributed by atoms with Crippen LogP contribution in [0.2, 0.25) is 0 Å². The largest absolute Gasteiger partial charge is 0.388 e. The van der Waals surface area contributed by atoms with Crippen LogP contribution in [0.15, 0.2) is 24.3 Å². The average molecular weight is 374 g/mol. The third kappa shape index (κ3) is 4.39. The third-order valence-electron chi connectivity index (χ3n) is 5.01. The van der Waals surface area contributed by atoms with Crippen molar-refractivity contribution in [2.75, 3.05) is 13.1 Å². The monoisotopic (exact) mass is 374 g/mol. The summed E-state index contributed by atoms with van der Waals surface area (Å²) in [4.78, 5) is 26.5. The molecule has 7 nitrogen and oxygen atoms in total. The number of Topliss-reactive ketones (excluding diaryl/α,β-unsaturated/α-hetero) is 1. The molecule has 1 aromatic heterocycles. The van der Waals surface area contributed by atoms with E-state index in [0.29, 0.717) is 24.5 Å². The molecule has 0 bridgehead atoms. The van der Waals surface area contributed by atoms with Crippen molar-refractivity contribution in [2.24, 2.45) is 7.05 Å². The van der Waals surface area contributed by atoms with Crippen molar-refractivity contribution >= 4 is 11.7 Å². The maximum absolute atomic E-state index is 12.9. The van der Waals surface area contributed by atoms with Crippen molar-refractivity contribution in [1.82, 2.24) is 19.7 Å². The van der Waals surface area contributed by atoms with Gasteiger partial charge in [0.05, 0.1) is 0 Å². The number of amides is 1. The molecule has 144 valence electrons. The second kappa shape index (κ2) is 8.39. The van der Waals surface area contributed by atoms with E-state index in [2.05, 4.69) is 10.2 Å². The molecule has 1 fully saturated rings. The molecular weight excluding hydrogens is 351 g/mol. The van der Waals surface area contributed by atoms with Gasteiger partial charge in [0, 0.05) is 44.5 Å². The predicted molar refractivity (Wildman–Crippen MR) is 95.4 cm³/mol. The maximum Gasteiger partial charge on any atom is 0.223 e. The first-order chi connectivity index (χ1) is 13.0. The summed E-state index contributed by atoms with van der Waals surface area (Å²) < 4.78 is 14.7. The van der Waals surface area contributed by atoms with Gasteiger partial charge in [0.2, 0.25) is 5.91 Å². The van der Waals surface area contributed by atoms with Crippen LogP contribution in [0.5, 0.6) is 0 Å². The van der Waals surface area contributed by atoms with E-state index < -0.39 is 5.82 Å². The zero-order valence-electron chi connectivity index (χ0n) is 15.3. The molecule has 27 heavy (non-hydrogen) atoms. The number of likely N-dealkylation sites (tertiary alicyclic amines) is 1. The van der Waals surface area contributed by atoms with E-state index in [1.807, 2.05) is 7.05 Å². The number of aromatic nitrogens is 3. The van der Waals surface area contributed by atoms with Crippen LogP contribution in [0, 0.1) is 5.82 Å². The number of piperidine rings is 1. The summed E-state index contributed by atoms with van der Waals surface area (Å²) in [5.41, 5.74) is 0.413. The van der Waals surface area contributed by atoms with Crippen LogP contribution in [0.1, 0.15) is 53.6 Å². The van der Waals surface area contributed by atoms with Gasteiger partial charge < -0.3 is 14.6 Å². The van der Waals surface area contributed by atoms with Gasteiger partial charge in [-0.3, -0.25) is 9.59 Å². The molecule has 0 unspecified atom stereocenters. The van der Waals surface area contributed by atoms with E-state index in [4.69, 9.17) is 0 Å². The second-order valence-electron chi connectivity index (χ2n) is 6.80. The Bertz CT molecular complexity index is 819. The molecule has 0 aliphatic carbocycles. The number of carbonyl (C=O) groups is 2. The Morgan fingerprint density at radius 1 is 1.22 bits per heavy atom. The molecule has 1 amide bonds. The van der Waals surface area contributed by atoms with Gasteiger partial charge in [0.15, 0.2) is 11.6 Å². The van der Waals surface area contributed by atoms with E-state index in [1.54, 1.807) is 9.47 Å². The summed E-state index contributed by atoms with van der Waals surface area (Å²) in [6.45, 7) is 1.01. The number of carbonyl (C=O) groups excluding carboxylic acids is 2. The fourth-order valence-electron chi connectivity index (χ4n) is 3.44. The van der Waals surface area contributed by atoms with Crippen molar-refractivity contribution < 1.29 is 19.1 Å². The molecule has 1 N–H and O–H groups in total. The van der Waals surface area contributed by atoms with Crippen LogP contribution in [-0.2, 0) is 18.4 Å². The molecule has 8 heteroatoms. The fourth-order valence-corrected chi connectivity index (χ4v) is 3.44. The molecule has 0 radical (unpaired) electrons. The summed E-state index contributed by atoms with van der Waals surface area (Å²) in [6, 6.07) is 5.36. The Morgan fingerprint density at radius 3 is 2.63 bits per heavy atom. The van der Waals surface area contributed by atoms with Crippen molar-refractivity contribution in [3.63, 3.8) is 0 Å². The molecule has 1 aliphatic rings. The number of rotatable bonds is 6. The number of benzene rings is 1. The highest BCUT2D eigenvalue weighted by molar-refractivity contribution is 5.97. The van der Waals surface area contributed by atoms with Gasteiger partial charge in [-0.15, -0.1) is 10.2 Å². The minimum atomic E-state index is -0.393. The lowest BCUT2D eigenvalue weighted by Crippen LogP contribution is -2.39. The molecule has 1 aliphatic heterocycles. The van der Waals surface area contributed by atoms with Crippen molar-refractivity contribution in [3.05, 3.63) is 47.3 Å². The zero-order valence-corrected chi connectivity index (χ0v) is 15.3. The normalized spacial score (nSPS) is 17.1. The topological polar surface area (TPSA) is 88.3 Å². The number of aliphatic hydroxyl groups is 1. The lowest BCUT2D eigenvalue weighted by molar-refractivity contribution is -0.132. The Kier molecular flexibility index (Phi) is 5.95. The molecule has 2 heterocycles. The van der Waals surface area contributed by atoms with E-state index in [0.717, 1.165) is 18.7 Å². The predicted octanol–water partition coefficient (Wildman–Crippen LogP) is 1.82. The van der Waals surface area contributed by atoms with Crippen LogP contribution in [-0.4, -0.2) is 49.6 Å². The number of nitrogens with zero attached hydrogens (tertiary/aromatic N) is 4. The van der Waals surface area contributed by atoms with Crippen molar-refractivity contribution in [3.8, 4) is 0 Å². The van der Waals surface area contributed by atoms with Crippen LogP contribution in [0.3, 0.4) is 0 Å². The Hall–Kier alpha value is -2.61. The molecule has 1 aromatic carbocycles. The van der Waals surface area contributed by atoms with Crippen LogP contribution < -0.4 is 0 Å². The lowest BCUT2D eigenvalue weighted by Gasteiger charge is -2.32. The number of hydrogen-bond donors (Lipinski definition) is 1. The highest BCUT2D eigenvalue weighted by Gasteiger charge is 2.28. The van der Waals surface area contributed by atoms with Crippen molar-refractivity contribution in [1.29, 1.82) is 0 Å². The minimum Gasteiger partial charge on any atom is -0.388 e. The summed E-state index contributed by atoms with van der Waals surface area (Å²) in [5.74, 6) is 0.693. The molecular formula is C19H23FN4O3. The molecule has 0 spiro atoms. The Labute approximate surface area is 156 Å². The van der Waals surface area contributed by atoms with Gasteiger partial charge in [-0.05, 0) is 37.1 Å². The Morgan fingerprint density at radius 2 is 1.96 bits per heavy atom. The van der Waals surface area contributed by atoms with Gasteiger partial charge in [0.1, 0.15) is 18.2 Å². The summed E-state index contributed by atoms with van der Waals surface area (Å²) in [6.07, 6.45) is 1.98. The number of hydrogen-bond acceptors (Lipinski definition) is 5. The van der Waals surface area contributed by atoms with Gasteiger partial charge in [-0.25, -0.2) is 4.39 Å². The molecule has 1 saturated heterocycles. The molecule has 3 rings (SSSR count). The van der Waals surface area contributed by atoms with Crippen LogP contribution in [0.25, 0.3) is 0 Å². The number of ketones is 1. The van der Waals surface area contributed by atoms with Crippen LogP contribution in [0.4, 0.5) is 4.39 Å². The highest BCUT2D eigenvalue weighted by atomic mass is 19.1. The van der Waals surface area contributed by atoms with E-state index in [1.165, 1.54) is 24.3 Å². The maximum atomic E-state index is 12.9. The quantitative estimate of drug-likeness (QED) is 0.779. The first-order valence-electron chi connectivity index (χ1n) is 9.05. The molecule has 0 saturated carbocycles. The minimum absolute atomic E-state index is 0.0632. The third-order valence-corrected chi connectivity index (χ3v) is 5.01.